The van der Waals surface area contributed by atoms with Crippen molar-refractivity contribution in [3.63, 3.8) is 0 Å². The van der Waals surface area contributed by atoms with Gasteiger partial charge in [0, 0.05) is 11.1 Å². The third kappa shape index (κ3) is 3.89. The monoisotopic (exact) mass is 258 g/mol. The summed E-state index contributed by atoms with van der Waals surface area (Å²) >= 11 is 1.51. The molecule has 1 heterocycles. The number of amides is 1. The fourth-order valence-electron chi connectivity index (χ4n) is 1.45. The molecule has 2 aromatic rings. The Hall–Kier alpha value is -1.81. The summed E-state index contributed by atoms with van der Waals surface area (Å²) in [7, 11) is 0. The Labute approximate surface area is 111 Å². The van der Waals surface area contributed by atoms with Crippen molar-refractivity contribution in [2.75, 3.05) is 11.1 Å². The zero-order chi connectivity index (χ0) is 12.8. The van der Waals surface area contributed by atoms with Crippen molar-refractivity contribution in [1.29, 1.82) is 0 Å². The maximum atomic E-state index is 11.7. The van der Waals surface area contributed by atoms with Gasteiger partial charge in [0.25, 0.3) is 0 Å². The van der Waals surface area contributed by atoms with Crippen LogP contribution in [0.5, 0.6) is 0 Å². The highest BCUT2D eigenvalue weighted by Crippen LogP contribution is 2.17. The van der Waals surface area contributed by atoms with E-state index in [-0.39, 0.29) is 5.91 Å². The van der Waals surface area contributed by atoms with E-state index in [1.165, 1.54) is 11.8 Å². The lowest BCUT2D eigenvalue weighted by atomic mass is 10.3. The van der Waals surface area contributed by atoms with Gasteiger partial charge in [-0.1, -0.05) is 18.2 Å². The van der Waals surface area contributed by atoms with Gasteiger partial charge in [0.2, 0.25) is 5.91 Å². The van der Waals surface area contributed by atoms with Crippen LogP contribution in [-0.2, 0) is 4.79 Å². The number of nitrogens with zero attached hydrogens (tertiary/aromatic N) is 1. The smallest absolute Gasteiger partial charge is 0.235 e. The first-order valence-electron chi connectivity index (χ1n) is 5.64. The van der Waals surface area contributed by atoms with Gasteiger partial charge in [-0.3, -0.25) is 4.79 Å². The van der Waals surface area contributed by atoms with Crippen LogP contribution < -0.4 is 5.32 Å². The van der Waals surface area contributed by atoms with Gasteiger partial charge in [-0.2, -0.15) is 0 Å². The molecule has 1 aromatic heterocycles. The van der Waals surface area contributed by atoms with Crippen molar-refractivity contribution >= 4 is 23.5 Å². The minimum absolute atomic E-state index is 0.0399. The molecule has 0 aliphatic rings. The molecule has 0 atom stereocenters. The fraction of sp³-hybridized carbons (Fsp3) is 0.143. The second-order valence-corrected chi connectivity index (χ2v) is 4.92. The Morgan fingerprint density at radius 3 is 2.78 bits per heavy atom. The summed E-state index contributed by atoms with van der Waals surface area (Å²) in [5.74, 6) is 0.954. The number of aryl methyl sites for hydroxylation is 1. The summed E-state index contributed by atoms with van der Waals surface area (Å²) in [6.45, 7) is 1.97. The molecule has 1 N–H and O–H groups in total. The van der Waals surface area contributed by atoms with E-state index >= 15 is 0 Å². The summed E-state index contributed by atoms with van der Waals surface area (Å²) in [5, 5.41) is 2.78. The number of carbonyl (C=O) groups is 1. The molecule has 18 heavy (non-hydrogen) atoms. The Morgan fingerprint density at radius 1 is 1.28 bits per heavy atom. The zero-order valence-electron chi connectivity index (χ0n) is 10.1. The molecule has 0 fully saturated rings. The maximum absolute atomic E-state index is 11.7. The summed E-state index contributed by atoms with van der Waals surface area (Å²) in [6.07, 6.45) is 1.69. The van der Waals surface area contributed by atoms with Crippen molar-refractivity contribution < 1.29 is 4.79 Å². The highest BCUT2D eigenvalue weighted by molar-refractivity contribution is 8.00. The van der Waals surface area contributed by atoms with Gasteiger partial charge >= 0.3 is 0 Å². The lowest BCUT2D eigenvalue weighted by Gasteiger charge is -2.04. The Kier molecular flexibility index (Phi) is 4.36. The number of carbonyl (C=O) groups excluding carboxylic acids is 1. The van der Waals surface area contributed by atoms with Gasteiger partial charge in [-0.15, -0.1) is 11.8 Å². The fourth-order valence-corrected chi connectivity index (χ4v) is 2.17. The first-order valence-corrected chi connectivity index (χ1v) is 6.63. The first-order chi connectivity index (χ1) is 8.74. The average Bonchev–Trinajstić information content (AvgIpc) is 2.38. The van der Waals surface area contributed by atoms with Gasteiger partial charge in [0.15, 0.2) is 0 Å². The van der Waals surface area contributed by atoms with E-state index in [0.717, 1.165) is 10.5 Å². The van der Waals surface area contributed by atoms with Gasteiger partial charge in [0.05, 0.1) is 5.75 Å². The van der Waals surface area contributed by atoms with E-state index in [4.69, 9.17) is 0 Å². The van der Waals surface area contributed by atoms with Crippen LogP contribution in [0.1, 0.15) is 5.56 Å². The van der Waals surface area contributed by atoms with E-state index < -0.39 is 0 Å². The van der Waals surface area contributed by atoms with Crippen LogP contribution >= 0.6 is 11.8 Å². The molecule has 92 valence electrons. The normalized spacial score (nSPS) is 10.1. The first kappa shape index (κ1) is 12.6. The Morgan fingerprint density at radius 2 is 2.06 bits per heavy atom. The molecule has 0 unspecified atom stereocenters. The SMILES string of the molecule is Cc1ccnc(NC(=O)CSc2ccccc2)c1. The minimum Gasteiger partial charge on any atom is -0.310 e. The number of benzene rings is 1. The van der Waals surface area contributed by atoms with E-state index in [9.17, 15) is 4.79 Å². The van der Waals surface area contributed by atoms with Crippen LogP contribution in [0.2, 0.25) is 0 Å². The number of thioether (sulfide) groups is 1. The number of hydrogen-bond donors (Lipinski definition) is 1. The van der Waals surface area contributed by atoms with Crippen LogP contribution in [0, 0.1) is 6.92 Å². The zero-order valence-corrected chi connectivity index (χ0v) is 10.9. The van der Waals surface area contributed by atoms with Crippen molar-refractivity contribution in [2.24, 2.45) is 0 Å². The lowest BCUT2D eigenvalue weighted by Crippen LogP contribution is -2.14. The quantitative estimate of drug-likeness (QED) is 0.857. The molecule has 0 bridgehead atoms. The molecular formula is C14H14N2OS. The molecule has 3 nitrogen and oxygen atoms in total. The van der Waals surface area contributed by atoms with E-state index in [1.807, 2.05) is 49.4 Å². The minimum atomic E-state index is -0.0399. The number of aromatic nitrogens is 1. The molecule has 0 aliphatic heterocycles. The largest absolute Gasteiger partial charge is 0.310 e. The van der Waals surface area contributed by atoms with Gasteiger partial charge in [-0.05, 0) is 36.8 Å². The van der Waals surface area contributed by atoms with Crippen LogP contribution in [-0.4, -0.2) is 16.6 Å². The van der Waals surface area contributed by atoms with Gasteiger partial charge in [0.1, 0.15) is 5.82 Å². The molecule has 4 heteroatoms. The molecule has 0 saturated heterocycles. The highest BCUT2D eigenvalue weighted by Gasteiger charge is 2.04. The third-order valence-electron chi connectivity index (χ3n) is 2.30. The summed E-state index contributed by atoms with van der Waals surface area (Å²) in [6, 6.07) is 13.6. The lowest BCUT2D eigenvalue weighted by molar-refractivity contribution is -0.113. The third-order valence-corrected chi connectivity index (χ3v) is 3.31. The van der Waals surface area contributed by atoms with E-state index in [1.54, 1.807) is 6.20 Å². The summed E-state index contributed by atoms with van der Waals surface area (Å²) in [5.41, 5.74) is 1.08. The number of nitrogens with one attached hydrogen (secondary N) is 1. The standard InChI is InChI=1S/C14H14N2OS/c1-11-7-8-15-13(9-11)16-14(17)10-18-12-5-3-2-4-6-12/h2-9H,10H2,1H3,(H,15,16,17). The maximum Gasteiger partial charge on any atom is 0.235 e. The number of anilines is 1. The van der Waals surface area contributed by atoms with Crippen LogP contribution in [0.4, 0.5) is 5.82 Å². The number of rotatable bonds is 4. The van der Waals surface area contributed by atoms with Crippen LogP contribution in [0.15, 0.2) is 53.6 Å². The predicted octanol–water partition coefficient (Wildman–Crippen LogP) is 3.12. The molecular weight excluding hydrogens is 244 g/mol. The molecule has 0 spiro atoms. The van der Waals surface area contributed by atoms with Gasteiger partial charge in [-0.25, -0.2) is 4.98 Å². The number of pyridine rings is 1. The predicted molar refractivity (Wildman–Crippen MR) is 74.8 cm³/mol. The average molecular weight is 258 g/mol. The van der Waals surface area contributed by atoms with Crippen molar-refractivity contribution in [3.8, 4) is 0 Å². The van der Waals surface area contributed by atoms with E-state index in [2.05, 4.69) is 10.3 Å². The highest BCUT2D eigenvalue weighted by atomic mass is 32.2. The molecule has 1 aromatic carbocycles. The Bertz CT molecular complexity index is 528. The number of hydrogen-bond acceptors (Lipinski definition) is 3. The summed E-state index contributed by atoms with van der Waals surface area (Å²) in [4.78, 5) is 16.9. The molecule has 0 aliphatic carbocycles. The Balaban J connectivity index is 1.86. The van der Waals surface area contributed by atoms with Crippen molar-refractivity contribution in [1.82, 2.24) is 4.98 Å². The summed E-state index contributed by atoms with van der Waals surface area (Å²) < 4.78 is 0. The topological polar surface area (TPSA) is 42.0 Å². The molecule has 0 saturated carbocycles. The molecule has 0 radical (unpaired) electrons. The second-order valence-electron chi connectivity index (χ2n) is 3.87. The van der Waals surface area contributed by atoms with Gasteiger partial charge < -0.3 is 5.32 Å². The van der Waals surface area contributed by atoms with Crippen molar-refractivity contribution in [2.45, 2.75) is 11.8 Å². The van der Waals surface area contributed by atoms with E-state index in [0.29, 0.717) is 11.6 Å². The molecule has 2 rings (SSSR count). The molecule has 1 amide bonds. The van der Waals surface area contributed by atoms with Crippen molar-refractivity contribution in [3.05, 3.63) is 54.2 Å². The van der Waals surface area contributed by atoms with Crippen LogP contribution in [0.25, 0.3) is 0 Å². The second kappa shape index (κ2) is 6.21. The van der Waals surface area contributed by atoms with Crippen LogP contribution in [0.3, 0.4) is 0 Å².